The molecule has 1 saturated heterocycles. The van der Waals surface area contributed by atoms with Crippen molar-refractivity contribution >= 4 is 0 Å². The molecule has 1 aromatic heterocycles. The molecular weight excluding hydrogens is 200 g/mol. The van der Waals surface area contributed by atoms with E-state index in [1.165, 1.54) is 18.4 Å². The molecule has 2 N–H and O–H groups in total. The molecule has 2 atom stereocenters. The molecule has 4 heteroatoms. The summed E-state index contributed by atoms with van der Waals surface area (Å²) in [5.41, 5.74) is 8.38. The molecule has 4 nitrogen and oxygen atoms in total. The van der Waals surface area contributed by atoms with Gasteiger partial charge in [0.1, 0.15) is 0 Å². The van der Waals surface area contributed by atoms with E-state index < -0.39 is 0 Å². The Morgan fingerprint density at radius 1 is 1.50 bits per heavy atom. The van der Waals surface area contributed by atoms with Crippen molar-refractivity contribution in [2.75, 3.05) is 20.1 Å². The van der Waals surface area contributed by atoms with Crippen molar-refractivity contribution in [3.05, 3.63) is 17.5 Å². The molecule has 16 heavy (non-hydrogen) atoms. The van der Waals surface area contributed by atoms with Gasteiger partial charge in [0.05, 0.1) is 5.69 Å². The van der Waals surface area contributed by atoms with Crippen LogP contribution in [0.1, 0.15) is 30.1 Å². The lowest BCUT2D eigenvalue weighted by Crippen LogP contribution is -2.39. The van der Waals surface area contributed by atoms with E-state index in [1.807, 2.05) is 11.7 Å². The fraction of sp³-hybridized carbons (Fsp3) is 0.750. The van der Waals surface area contributed by atoms with Crippen molar-refractivity contribution in [2.45, 2.75) is 25.8 Å². The summed E-state index contributed by atoms with van der Waals surface area (Å²) in [7, 11) is 4.18. The molecule has 0 radical (unpaired) electrons. The predicted molar refractivity (Wildman–Crippen MR) is 65.1 cm³/mol. The first-order valence-corrected chi connectivity index (χ1v) is 6.04. The minimum absolute atomic E-state index is 0.451. The largest absolute Gasteiger partial charge is 0.330 e. The zero-order valence-electron chi connectivity index (χ0n) is 10.5. The maximum atomic E-state index is 5.90. The van der Waals surface area contributed by atoms with Crippen LogP contribution >= 0.6 is 0 Å². The third-order valence-electron chi connectivity index (χ3n) is 3.68. The molecule has 1 fully saturated rings. The summed E-state index contributed by atoms with van der Waals surface area (Å²) < 4.78 is 1.90. The van der Waals surface area contributed by atoms with Gasteiger partial charge in [0, 0.05) is 24.8 Å². The van der Waals surface area contributed by atoms with Crippen LogP contribution in [0.5, 0.6) is 0 Å². The smallest absolute Gasteiger partial charge is 0.0641 e. The van der Waals surface area contributed by atoms with E-state index in [0.717, 1.165) is 18.8 Å². The Morgan fingerprint density at radius 2 is 2.25 bits per heavy atom. The van der Waals surface area contributed by atoms with Crippen molar-refractivity contribution in [3.63, 3.8) is 0 Å². The summed E-state index contributed by atoms with van der Waals surface area (Å²) in [4.78, 5) is 2.42. The Balaban J connectivity index is 2.31. The molecule has 0 aliphatic carbocycles. The van der Waals surface area contributed by atoms with Crippen LogP contribution in [0.15, 0.2) is 6.20 Å². The first-order chi connectivity index (χ1) is 7.63. The van der Waals surface area contributed by atoms with Gasteiger partial charge in [-0.1, -0.05) is 0 Å². The van der Waals surface area contributed by atoms with Gasteiger partial charge in [-0.25, -0.2) is 0 Å². The number of aromatic nitrogens is 2. The molecule has 2 heterocycles. The number of rotatable bonds is 2. The average molecular weight is 222 g/mol. The van der Waals surface area contributed by atoms with Gasteiger partial charge in [0.15, 0.2) is 0 Å². The summed E-state index contributed by atoms with van der Waals surface area (Å²) in [6.45, 7) is 4.02. The molecule has 0 amide bonds. The fourth-order valence-corrected chi connectivity index (χ4v) is 2.91. The summed E-state index contributed by atoms with van der Waals surface area (Å²) in [6.07, 6.45) is 4.64. The first kappa shape index (κ1) is 11.6. The summed E-state index contributed by atoms with van der Waals surface area (Å²) in [5, 5.41) is 4.44. The van der Waals surface area contributed by atoms with Crippen LogP contribution in [0.3, 0.4) is 0 Å². The van der Waals surface area contributed by atoms with Crippen molar-refractivity contribution in [1.82, 2.24) is 14.7 Å². The number of aryl methyl sites for hydroxylation is 2. The molecule has 2 rings (SSSR count). The highest BCUT2D eigenvalue weighted by atomic mass is 15.3. The van der Waals surface area contributed by atoms with Gasteiger partial charge in [-0.05, 0) is 45.8 Å². The van der Waals surface area contributed by atoms with E-state index in [0.29, 0.717) is 12.0 Å². The van der Waals surface area contributed by atoms with E-state index in [4.69, 9.17) is 5.73 Å². The Labute approximate surface area is 97.4 Å². The Kier molecular flexibility index (Phi) is 3.30. The highest BCUT2D eigenvalue weighted by Gasteiger charge is 2.31. The van der Waals surface area contributed by atoms with Gasteiger partial charge in [0.2, 0.25) is 0 Å². The number of likely N-dealkylation sites (tertiary alicyclic amines) is 1. The van der Waals surface area contributed by atoms with Crippen LogP contribution in [0.4, 0.5) is 0 Å². The fourth-order valence-electron chi connectivity index (χ4n) is 2.91. The third kappa shape index (κ3) is 1.99. The summed E-state index contributed by atoms with van der Waals surface area (Å²) in [6, 6.07) is 0.451. The zero-order chi connectivity index (χ0) is 11.7. The normalized spacial score (nSPS) is 27.2. The maximum Gasteiger partial charge on any atom is 0.0641 e. The molecule has 90 valence electrons. The van der Waals surface area contributed by atoms with Crippen LogP contribution < -0.4 is 5.73 Å². The second-order valence-corrected chi connectivity index (χ2v) is 4.91. The topological polar surface area (TPSA) is 47.1 Å². The highest BCUT2D eigenvalue weighted by molar-refractivity contribution is 5.21. The van der Waals surface area contributed by atoms with Crippen LogP contribution in [0.2, 0.25) is 0 Å². The molecule has 0 bridgehead atoms. The number of piperidine rings is 1. The van der Waals surface area contributed by atoms with Crippen LogP contribution in [-0.2, 0) is 7.05 Å². The van der Waals surface area contributed by atoms with Crippen molar-refractivity contribution in [2.24, 2.45) is 18.7 Å². The summed E-state index contributed by atoms with van der Waals surface area (Å²) in [5.74, 6) is 0.571. The lowest BCUT2D eigenvalue weighted by Gasteiger charge is -2.38. The van der Waals surface area contributed by atoms with Crippen LogP contribution in [0, 0.1) is 12.8 Å². The van der Waals surface area contributed by atoms with Gasteiger partial charge < -0.3 is 5.73 Å². The standard InChI is InChI=1S/C12H22N4/c1-9-11(8-16(3)14-9)12-10(7-13)5-4-6-15(12)2/h8,10,12H,4-7,13H2,1-3H3. The first-order valence-electron chi connectivity index (χ1n) is 6.04. The monoisotopic (exact) mass is 222 g/mol. The molecule has 1 aliphatic rings. The second-order valence-electron chi connectivity index (χ2n) is 4.91. The van der Waals surface area contributed by atoms with Gasteiger partial charge >= 0.3 is 0 Å². The Hall–Kier alpha value is -0.870. The molecule has 0 spiro atoms. The SMILES string of the molecule is Cc1nn(C)cc1C1C(CN)CCCN1C. The number of hydrogen-bond donors (Lipinski definition) is 1. The second kappa shape index (κ2) is 4.55. The number of hydrogen-bond acceptors (Lipinski definition) is 3. The van der Waals surface area contributed by atoms with E-state index in [1.54, 1.807) is 0 Å². The Bertz CT molecular complexity index is 358. The minimum atomic E-state index is 0.451. The average Bonchev–Trinajstić information content (AvgIpc) is 2.57. The van der Waals surface area contributed by atoms with Gasteiger partial charge in [0.25, 0.3) is 0 Å². The lowest BCUT2D eigenvalue weighted by molar-refractivity contribution is 0.125. The zero-order valence-corrected chi connectivity index (χ0v) is 10.5. The van der Waals surface area contributed by atoms with E-state index in [-0.39, 0.29) is 0 Å². The molecule has 0 saturated carbocycles. The van der Waals surface area contributed by atoms with Gasteiger partial charge in [-0.3, -0.25) is 9.58 Å². The van der Waals surface area contributed by atoms with E-state index in [9.17, 15) is 0 Å². The lowest BCUT2D eigenvalue weighted by atomic mass is 9.85. The van der Waals surface area contributed by atoms with Gasteiger partial charge in [-0.2, -0.15) is 5.10 Å². The number of nitrogens with zero attached hydrogens (tertiary/aromatic N) is 3. The van der Waals surface area contributed by atoms with Crippen LogP contribution in [0.25, 0.3) is 0 Å². The molecular formula is C12H22N4. The summed E-state index contributed by atoms with van der Waals surface area (Å²) >= 11 is 0. The van der Waals surface area contributed by atoms with Crippen molar-refractivity contribution < 1.29 is 0 Å². The Morgan fingerprint density at radius 3 is 2.81 bits per heavy atom. The molecule has 0 aromatic carbocycles. The molecule has 1 aromatic rings. The van der Waals surface area contributed by atoms with Crippen molar-refractivity contribution in [3.8, 4) is 0 Å². The minimum Gasteiger partial charge on any atom is -0.330 e. The highest BCUT2D eigenvalue weighted by Crippen LogP contribution is 2.35. The van der Waals surface area contributed by atoms with Crippen LogP contribution in [-0.4, -0.2) is 34.8 Å². The number of nitrogens with two attached hydrogens (primary N) is 1. The molecule has 1 aliphatic heterocycles. The van der Waals surface area contributed by atoms with Crippen molar-refractivity contribution in [1.29, 1.82) is 0 Å². The van der Waals surface area contributed by atoms with Gasteiger partial charge in [-0.15, -0.1) is 0 Å². The molecule has 2 unspecified atom stereocenters. The quantitative estimate of drug-likeness (QED) is 0.814. The third-order valence-corrected chi connectivity index (χ3v) is 3.68. The van der Waals surface area contributed by atoms with E-state index >= 15 is 0 Å². The maximum absolute atomic E-state index is 5.90. The van der Waals surface area contributed by atoms with E-state index in [2.05, 4.69) is 30.2 Å². The predicted octanol–water partition coefficient (Wildman–Crippen LogP) is 1.07.